The Balaban J connectivity index is 2.94. The second-order valence-electron chi connectivity index (χ2n) is 3.48. The summed E-state index contributed by atoms with van der Waals surface area (Å²) in [5, 5.41) is 0. The second kappa shape index (κ2) is 5.24. The van der Waals surface area contributed by atoms with Gasteiger partial charge in [0, 0.05) is 0 Å². The third-order valence-corrected chi connectivity index (χ3v) is 2.38. The average Bonchev–Trinajstić information content (AvgIpc) is 2.23. The van der Waals surface area contributed by atoms with Gasteiger partial charge in [-0.3, -0.25) is 4.18 Å². The standard InChI is InChI=1S/C10H13NO5S/c1-7-4-8(6-16-17(3,13)14)11-9(5-7)10(12)15-2/h4-5H,6H2,1-3H3. The van der Waals surface area contributed by atoms with Crippen LogP contribution in [-0.4, -0.2) is 32.7 Å². The molecule has 0 fully saturated rings. The molecule has 0 aromatic carbocycles. The number of esters is 1. The Labute approximate surface area is 99.7 Å². The molecular weight excluding hydrogens is 246 g/mol. The number of hydrogen-bond donors (Lipinski definition) is 0. The van der Waals surface area contributed by atoms with Gasteiger partial charge in [0.05, 0.1) is 19.1 Å². The lowest BCUT2D eigenvalue weighted by atomic mass is 10.2. The first-order valence-electron chi connectivity index (χ1n) is 4.72. The summed E-state index contributed by atoms with van der Waals surface area (Å²) in [6, 6.07) is 3.19. The summed E-state index contributed by atoms with van der Waals surface area (Å²) < 4.78 is 30.8. The van der Waals surface area contributed by atoms with E-state index in [0.29, 0.717) is 5.69 Å². The maximum atomic E-state index is 11.3. The number of rotatable bonds is 4. The number of nitrogens with zero attached hydrogens (tertiary/aromatic N) is 1. The molecule has 7 heteroatoms. The first kappa shape index (κ1) is 13.6. The van der Waals surface area contributed by atoms with Crippen LogP contribution in [0.2, 0.25) is 0 Å². The number of methoxy groups -OCH3 is 1. The van der Waals surface area contributed by atoms with Crippen LogP contribution in [0.5, 0.6) is 0 Å². The molecular formula is C10H13NO5S. The molecule has 1 heterocycles. The highest BCUT2D eigenvalue weighted by molar-refractivity contribution is 7.85. The Bertz CT molecular complexity index is 523. The van der Waals surface area contributed by atoms with Crippen molar-refractivity contribution in [1.82, 2.24) is 4.98 Å². The minimum absolute atomic E-state index is 0.125. The zero-order valence-electron chi connectivity index (χ0n) is 9.76. The third kappa shape index (κ3) is 4.49. The average molecular weight is 259 g/mol. The van der Waals surface area contributed by atoms with Gasteiger partial charge in [-0.2, -0.15) is 8.42 Å². The van der Waals surface area contributed by atoms with Crippen molar-refractivity contribution in [2.75, 3.05) is 13.4 Å². The zero-order valence-corrected chi connectivity index (χ0v) is 10.6. The van der Waals surface area contributed by atoms with Crippen molar-refractivity contribution >= 4 is 16.1 Å². The predicted molar refractivity (Wildman–Crippen MR) is 59.9 cm³/mol. The Morgan fingerprint density at radius 3 is 2.59 bits per heavy atom. The Morgan fingerprint density at radius 1 is 1.41 bits per heavy atom. The van der Waals surface area contributed by atoms with Gasteiger partial charge in [-0.1, -0.05) is 0 Å². The molecule has 0 aliphatic heterocycles. The second-order valence-corrected chi connectivity index (χ2v) is 5.12. The van der Waals surface area contributed by atoms with Crippen molar-refractivity contribution in [1.29, 1.82) is 0 Å². The fourth-order valence-electron chi connectivity index (χ4n) is 1.19. The highest BCUT2D eigenvalue weighted by Gasteiger charge is 2.11. The molecule has 17 heavy (non-hydrogen) atoms. The Kier molecular flexibility index (Phi) is 4.19. The van der Waals surface area contributed by atoms with Crippen LogP contribution in [-0.2, 0) is 25.6 Å². The molecule has 0 radical (unpaired) electrons. The number of carbonyl (C=O) groups excluding carboxylic acids is 1. The molecule has 0 amide bonds. The molecule has 0 saturated heterocycles. The summed E-state index contributed by atoms with van der Waals surface area (Å²) in [6.07, 6.45) is 0.948. The molecule has 0 unspecified atom stereocenters. The van der Waals surface area contributed by atoms with Gasteiger partial charge >= 0.3 is 5.97 Å². The molecule has 1 rings (SSSR count). The van der Waals surface area contributed by atoms with Gasteiger partial charge in [-0.15, -0.1) is 0 Å². The number of pyridine rings is 1. The van der Waals surface area contributed by atoms with Crippen LogP contribution in [0.15, 0.2) is 12.1 Å². The molecule has 1 aromatic rings. The normalized spacial score (nSPS) is 11.2. The van der Waals surface area contributed by atoms with Gasteiger partial charge < -0.3 is 4.74 Å². The molecule has 0 saturated carbocycles. The molecule has 0 aliphatic carbocycles. The van der Waals surface area contributed by atoms with E-state index in [9.17, 15) is 13.2 Å². The van der Waals surface area contributed by atoms with Gasteiger partial charge in [0.1, 0.15) is 12.3 Å². The topological polar surface area (TPSA) is 82.6 Å². The van der Waals surface area contributed by atoms with E-state index in [1.54, 1.807) is 19.1 Å². The number of ether oxygens (including phenoxy) is 1. The van der Waals surface area contributed by atoms with E-state index in [2.05, 4.69) is 13.9 Å². The molecule has 6 nitrogen and oxygen atoms in total. The quantitative estimate of drug-likeness (QED) is 0.583. The highest BCUT2D eigenvalue weighted by atomic mass is 32.2. The van der Waals surface area contributed by atoms with Gasteiger partial charge in [-0.05, 0) is 24.6 Å². The van der Waals surface area contributed by atoms with Crippen LogP contribution in [0.4, 0.5) is 0 Å². The Hall–Kier alpha value is -1.47. The zero-order chi connectivity index (χ0) is 13.1. The lowest BCUT2D eigenvalue weighted by Gasteiger charge is -2.05. The minimum Gasteiger partial charge on any atom is -0.464 e. The molecule has 0 bridgehead atoms. The largest absolute Gasteiger partial charge is 0.464 e. The minimum atomic E-state index is -3.53. The van der Waals surface area contributed by atoms with E-state index in [4.69, 9.17) is 0 Å². The van der Waals surface area contributed by atoms with Crippen molar-refractivity contribution in [3.63, 3.8) is 0 Å². The molecule has 0 atom stereocenters. The third-order valence-electron chi connectivity index (χ3n) is 1.84. The summed E-state index contributed by atoms with van der Waals surface area (Å²) in [7, 11) is -2.28. The van der Waals surface area contributed by atoms with Gasteiger partial charge in [0.2, 0.25) is 0 Å². The van der Waals surface area contributed by atoms with Crippen molar-refractivity contribution in [3.8, 4) is 0 Å². The van der Waals surface area contributed by atoms with E-state index in [-0.39, 0.29) is 12.3 Å². The summed E-state index contributed by atoms with van der Waals surface area (Å²) in [4.78, 5) is 15.2. The summed E-state index contributed by atoms with van der Waals surface area (Å²) in [5.74, 6) is -0.575. The maximum Gasteiger partial charge on any atom is 0.356 e. The van der Waals surface area contributed by atoms with E-state index in [0.717, 1.165) is 11.8 Å². The summed E-state index contributed by atoms with van der Waals surface area (Å²) in [5.41, 5.74) is 1.25. The van der Waals surface area contributed by atoms with Gasteiger partial charge in [0.25, 0.3) is 10.1 Å². The number of aromatic nitrogens is 1. The van der Waals surface area contributed by atoms with Crippen molar-refractivity contribution in [2.24, 2.45) is 0 Å². The van der Waals surface area contributed by atoms with Crippen LogP contribution in [0, 0.1) is 6.92 Å². The first-order valence-corrected chi connectivity index (χ1v) is 6.54. The van der Waals surface area contributed by atoms with Crippen LogP contribution in [0.3, 0.4) is 0 Å². The predicted octanol–water partition coefficient (Wildman–Crippen LogP) is 0.653. The maximum absolute atomic E-state index is 11.3. The van der Waals surface area contributed by atoms with Crippen LogP contribution < -0.4 is 0 Å². The van der Waals surface area contributed by atoms with Gasteiger partial charge in [-0.25, -0.2) is 9.78 Å². The molecule has 0 spiro atoms. The molecule has 0 N–H and O–H groups in total. The first-order chi connectivity index (χ1) is 7.81. The van der Waals surface area contributed by atoms with E-state index < -0.39 is 16.1 Å². The molecule has 0 aliphatic rings. The smallest absolute Gasteiger partial charge is 0.356 e. The van der Waals surface area contributed by atoms with E-state index >= 15 is 0 Å². The Morgan fingerprint density at radius 2 is 2.06 bits per heavy atom. The van der Waals surface area contributed by atoms with Crippen molar-refractivity contribution in [3.05, 3.63) is 29.1 Å². The lowest BCUT2D eigenvalue weighted by molar-refractivity contribution is 0.0593. The van der Waals surface area contributed by atoms with E-state index in [1.807, 2.05) is 0 Å². The molecule has 94 valence electrons. The van der Waals surface area contributed by atoms with E-state index in [1.165, 1.54) is 7.11 Å². The highest BCUT2D eigenvalue weighted by Crippen LogP contribution is 2.08. The molecule has 1 aromatic heterocycles. The number of carbonyl (C=O) groups is 1. The summed E-state index contributed by atoms with van der Waals surface area (Å²) in [6.45, 7) is 1.56. The monoisotopic (exact) mass is 259 g/mol. The van der Waals surface area contributed by atoms with Crippen molar-refractivity contribution < 1.29 is 22.1 Å². The fourth-order valence-corrected chi connectivity index (χ4v) is 1.52. The van der Waals surface area contributed by atoms with Crippen LogP contribution >= 0.6 is 0 Å². The SMILES string of the molecule is COC(=O)c1cc(C)cc(COS(C)(=O)=O)n1. The van der Waals surface area contributed by atoms with Crippen LogP contribution in [0.1, 0.15) is 21.7 Å². The number of hydrogen-bond acceptors (Lipinski definition) is 6. The fraction of sp³-hybridized carbons (Fsp3) is 0.400. The van der Waals surface area contributed by atoms with Crippen LogP contribution in [0.25, 0.3) is 0 Å². The van der Waals surface area contributed by atoms with Gasteiger partial charge in [0.15, 0.2) is 0 Å². The number of aryl methyl sites for hydroxylation is 1. The van der Waals surface area contributed by atoms with Crippen molar-refractivity contribution in [2.45, 2.75) is 13.5 Å². The summed E-state index contributed by atoms with van der Waals surface area (Å²) >= 11 is 0. The lowest BCUT2D eigenvalue weighted by Crippen LogP contribution is -2.09.